The first-order valence-corrected chi connectivity index (χ1v) is 14.2. The van der Waals surface area contributed by atoms with Gasteiger partial charge in [0.2, 0.25) is 10.0 Å². The summed E-state index contributed by atoms with van der Waals surface area (Å²) in [5.74, 6) is -0.172. The predicted octanol–water partition coefficient (Wildman–Crippen LogP) is 2.10. The van der Waals surface area contributed by atoms with Crippen molar-refractivity contribution >= 4 is 21.6 Å². The van der Waals surface area contributed by atoms with Crippen molar-refractivity contribution in [3.05, 3.63) is 29.8 Å². The number of hydrogen-bond acceptors (Lipinski definition) is 7. The number of piperidine rings is 1. The van der Waals surface area contributed by atoms with E-state index >= 15 is 0 Å². The first-order valence-electron chi connectivity index (χ1n) is 12.8. The van der Waals surface area contributed by atoms with Crippen LogP contribution in [-0.4, -0.2) is 93.0 Å². The summed E-state index contributed by atoms with van der Waals surface area (Å²) < 4.78 is 32.3. The van der Waals surface area contributed by atoms with Crippen molar-refractivity contribution in [3.63, 3.8) is 0 Å². The lowest BCUT2D eigenvalue weighted by Gasteiger charge is -2.44. The Balaban J connectivity index is 1.64. The van der Waals surface area contributed by atoms with Gasteiger partial charge in [0, 0.05) is 58.6 Å². The highest BCUT2D eigenvalue weighted by atomic mass is 32.2. The number of likely N-dealkylation sites (tertiary alicyclic amines) is 1. The van der Waals surface area contributed by atoms with Crippen molar-refractivity contribution in [2.24, 2.45) is 5.92 Å². The topological polar surface area (TPSA) is 102 Å². The van der Waals surface area contributed by atoms with Crippen LogP contribution in [0.3, 0.4) is 0 Å². The average Bonchev–Trinajstić information content (AvgIpc) is 2.88. The number of hydrogen-bond donors (Lipinski definition) is 2. The third kappa shape index (κ3) is 6.35. The Kier molecular flexibility index (Phi) is 9.94. The maximum atomic E-state index is 13.7. The second kappa shape index (κ2) is 12.5. The normalized spacial score (nSPS) is 20.5. The van der Waals surface area contributed by atoms with Crippen LogP contribution in [0.5, 0.6) is 0 Å². The van der Waals surface area contributed by atoms with Crippen LogP contribution in [0.1, 0.15) is 45.1 Å². The van der Waals surface area contributed by atoms with Crippen molar-refractivity contribution in [1.82, 2.24) is 14.7 Å². The van der Waals surface area contributed by atoms with Gasteiger partial charge in [0.25, 0.3) is 5.91 Å². The number of nitrogens with one attached hydrogen (secondary N) is 1. The van der Waals surface area contributed by atoms with E-state index in [-0.39, 0.29) is 12.8 Å². The molecule has 1 aromatic rings. The van der Waals surface area contributed by atoms with Crippen LogP contribution in [0.15, 0.2) is 24.3 Å². The van der Waals surface area contributed by atoms with Gasteiger partial charge >= 0.3 is 0 Å². The first-order chi connectivity index (χ1) is 16.8. The fraction of sp³-hybridized carbons (Fsp3) is 0.720. The molecule has 2 aliphatic rings. The van der Waals surface area contributed by atoms with Gasteiger partial charge in [0.05, 0.1) is 6.61 Å². The van der Waals surface area contributed by atoms with Crippen LogP contribution in [0.4, 0.5) is 5.69 Å². The molecule has 1 atom stereocenters. The molecule has 1 aromatic carbocycles. The zero-order valence-corrected chi connectivity index (χ0v) is 22.2. The molecule has 2 heterocycles. The molecule has 0 spiro atoms. The number of sulfonamides is 1. The molecule has 0 saturated carbocycles. The van der Waals surface area contributed by atoms with E-state index < -0.39 is 20.7 Å². The lowest BCUT2D eigenvalue weighted by Crippen LogP contribution is -2.63. The maximum absolute atomic E-state index is 13.7. The van der Waals surface area contributed by atoms with Crippen LogP contribution in [-0.2, 0) is 26.0 Å². The van der Waals surface area contributed by atoms with E-state index in [0.29, 0.717) is 58.3 Å². The van der Waals surface area contributed by atoms with Gasteiger partial charge < -0.3 is 14.5 Å². The molecule has 2 fully saturated rings. The Morgan fingerprint density at radius 2 is 1.74 bits per heavy atom. The van der Waals surface area contributed by atoms with Crippen molar-refractivity contribution in [1.29, 1.82) is 0 Å². The van der Waals surface area contributed by atoms with E-state index in [1.165, 1.54) is 22.7 Å². The van der Waals surface area contributed by atoms with Crippen molar-refractivity contribution in [2.75, 3.05) is 64.4 Å². The maximum Gasteiger partial charge on any atom is 0.266 e. The Bertz CT molecular complexity index is 908. The highest BCUT2D eigenvalue weighted by Crippen LogP contribution is 2.34. The zero-order valence-electron chi connectivity index (χ0n) is 21.4. The van der Waals surface area contributed by atoms with E-state index in [1.54, 1.807) is 12.6 Å². The van der Waals surface area contributed by atoms with Crippen LogP contribution < -0.4 is 10.4 Å². The second-order valence-electron chi connectivity index (χ2n) is 9.93. The molecule has 2 N–H and O–H groups in total. The number of piperazine rings is 1. The molecule has 2 aliphatic heterocycles. The summed E-state index contributed by atoms with van der Waals surface area (Å²) in [4.78, 5) is 17.0. The predicted molar refractivity (Wildman–Crippen MR) is 137 cm³/mol. The van der Waals surface area contributed by atoms with E-state index in [0.717, 1.165) is 12.1 Å². The minimum absolute atomic E-state index is 0.142. The van der Waals surface area contributed by atoms with E-state index in [1.807, 2.05) is 0 Å². The van der Waals surface area contributed by atoms with Gasteiger partial charge in [-0.25, -0.2) is 13.9 Å². The number of carbonyl (C=O) groups excluding carboxylic acids is 1. The molecule has 35 heavy (non-hydrogen) atoms. The van der Waals surface area contributed by atoms with Crippen molar-refractivity contribution in [3.8, 4) is 0 Å². The molecule has 2 saturated heterocycles. The number of ether oxygens (including phenoxy) is 1. The van der Waals surface area contributed by atoms with Gasteiger partial charge in [0.15, 0.2) is 4.75 Å². The van der Waals surface area contributed by atoms with Gasteiger partial charge in [-0.3, -0.25) is 10.0 Å². The SMILES string of the molecule is CCCC(C)Cc1ccc(N2CCN(S(=O)(=O)C3(C(=O)NO)CCN(CCOC)CC3)CC2)cc1. The summed E-state index contributed by atoms with van der Waals surface area (Å²) in [7, 11) is -2.33. The third-order valence-electron chi connectivity index (χ3n) is 7.53. The molecule has 3 rings (SSSR count). The molecule has 0 radical (unpaired) electrons. The second-order valence-corrected chi connectivity index (χ2v) is 12.2. The molecular weight excluding hydrogens is 468 g/mol. The number of carbonyl (C=O) groups is 1. The van der Waals surface area contributed by atoms with E-state index in [9.17, 15) is 18.4 Å². The van der Waals surface area contributed by atoms with Crippen LogP contribution in [0.2, 0.25) is 0 Å². The number of benzene rings is 1. The van der Waals surface area contributed by atoms with Gasteiger partial charge in [-0.1, -0.05) is 38.8 Å². The Morgan fingerprint density at radius 3 is 2.29 bits per heavy atom. The molecular formula is C25H42N4O5S. The number of methoxy groups -OCH3 is 1. The van der Waals surface area contributed by atoms with Crippen LogP contribution in [0, 0.1) is 5.92 Å². The lowest BCUT2D eigenvalue weighted by molar-refractivity contribution is -0.133. The third-order valence-corrected chi connectivity index (χ3v) is 10.2. The van der Waals surface area contributed by atoms with Gasteiger partial charge in [0.1, 0.15) is 0 Å². The summed E-state index contributed by atoms with van der Waals surface area (Å²) in [5.41, 5.74) is 4.05. The smallest absolute Gasteiger partial charge is 0.266 e. The summed E-state index contributed by atoms with van der Waals surface area (Å²) in [6.45, 7) is 8.38. The number of anilines is 1. The molecule has 10 heteroatoms. The van der Waals surface area contributed by atoms with Crippen LogP contribution >= 0.6 is 0 Å². The summed E-state index contributed by atoms with van der Waals surface area (Å²) in [6.07, 6.45) is 3.77. The highest BCUT2D eigenvalue weighted by Gasteiger charge is 2.55. The highest BCUT2D eigenvalue weighted by molar-refractivity contribution is 7.91. The number of amides is 1. The minimum Gasteiger partial charge on any atom is -0.383 e. The van der Waals surface area contributed by atoms with E-state index in [2.05, 4.69) is 47.9 Å². The number of hydroxylamine groups is 1. The zero-order chi connectivity index (χ0) is 25.5. The minimum atomic E-state index is -3.96. The summed E-state index contributed by atoms with van der Waals surface area (Å²) in [6, 6.07) is 8.58. The fourth-order valence-corrected chi connectivity index (χ4v) is 7.45. The molecule has 0 aliphatic carbocycles. The molecule has 0 bridgehead atoms. The standard InChI is InChI=1S/C25H42N4O5S/c1-4-5-21(2)20-22-6-8-23(9-7-22)28-14-16-29(17-15-28)35(32,33)25(24(30)26-31)10-12-27(13-11-25)18-19-34-3/h6-9,21,31H,4-5,10-20H2,1-3H3,(H,26,30). The molecule has 1 unspecified atom stereocenters. The van der Waals surface area contributed by atoms with E-state index in [4.69, 9.17) is 4.74 Å². The Hall–Kier alpha value is -1.72. The molecule has 0 aromatic heterocycles. The first kappa shape index (κ1) is 27.9. The van der Waals surface area contributed by atoms with Gasteiger partial charge in [-0.2, -0.15) is 4.31 Å². The van der Waals surface area contributed by atoms with Crippen molar-refractivity contribution < 1.29 is 23.2 Å². The van der Waals surface area contributed by atoms with Gasteiger partial charge in [-0.15, -0.1) is 0 Å². The quantitative estimate of drug-likeness (QED) is 0.347. The average molecular weight is 511 g/mol. The molecule has 198 valence electrons. The summed E-state index contributed by atoms with van der Waals surface area (Å²) >= 11 is 0. The monoisotopic (exact) mass is 510 g/mol. The van der Waals surface area contributed by atoms with Gasteiger partial charge in [-0.05, 0) is 42.9 Å². The number of rotatable bonds is 11. The van der Waals surface area contributed by atoms with Crippen molar-refractivity contribution in [2.45, 2.75) is 50.7 Å². The Morgan fingerprint density at radius 1 is 1.11 bits per heavy atom. The largest absolute Gasteiger partial charge is 0.383 e. The molecule has 9 nitrogen and oxygen atoms in total. The fourth-order valence-electron chi connectivity index (χ4n) is 5.34. The van der Waals surface area contributed by atoms with Crippen LogP contribution in [0.25, 0.3) is 0 Å². The lowest BCUT2D eigenvalue weighted by atomic mass is 9.95. The Labute approximate surface area is 210 Å². The number of nitrogens with zero attached hydrogens (tertiary/aromatic N) is 3. The molecule has 1 amide bonds. The summed E-state index contributed by atoms with van der Waals surface area (Å²) in [5, 5.41) is 9.39.